The van der Waals surface area contributed by atoms with Crippen LogP contribution in [-0.2, 0) is 19.6 Å². The van der Waals surface area contributed by atoms with Crippen LogP contribution in [0.3, 0.4) is 0 Å². The van der Waals surface area contributed by atoms with Crippen molar-refractivity contribution in [3.63, 3.8) is 0 Å². The maximum Gasteiger partial charge on any atom is 0.339 e. The molecular formula is C20H21N3O5S. The first kappa shape index (κ1) is 22.1. The molecule has 0 saturated carbocycles. The highest BCUT2D eigenvalue weighted by Crippen LogP contribution is 2.22. The zero-order valence-corrected chi connectivity index (χ0v) is 16.8. The number of sulfonamides is 1. The molecular weight excluding hydrogens is 394 g/mol. The molecule has 0 spiro atoms. The summed E-state index contributed by atoms with van der Waals surface area (Å²) in [5, 5.41) is 8.50. The standard InChI is InChI=1S/C20H21N3O5S/c1-23(2)19(24)18(15-7-4-3-5-8-15)28-20(25)16-9-11-17(12-10-16)29(26,27)22-14-6-13-21/h3-5,7-12,18,22H,6,14H2,1-2H3/t18-/m0/s1. The number of nitrogens with zero attached hydrogens (tertiary/aromatic N) is 2. The van der Waals surface area contributed by atoms with Gasteiger partial charge in [-0.3, -0.25) is 4.79 Å². The van der Waals surface area contributed by atoms with Crippen molar-refractivity contribution in [2.24, 2.45) is 0 Å². The van der Waals surface area contributed by atoms with Crippen molar-refractivity contribution in [1.29, 1.82) is 5.26 Å². The van der Waals surface area contributed by atoms with Gasteiger partial charge in [0.1, 0.15) is 0 Å². The highest BCUT2D eigenvalue weighted by atomic mass is 32.2. The Bertz CT molecular complexity index is 997. The number of benzene rings is 2. The molecule has 0 unspecified atom stereocenters. The van der Waals surface area contributed by atoms with E-state index in [1.165, 1.54) is 29.2 Å². The Morgan fingerprint density at radius 1 is 1.10 bits per heavy atom. The lowest BCUT2D eigenvalue weighted by atomic mass is 10.1. The van der Waals surface area contributed by atoms with E-state index >= 15 is 0 Å². The third-order valence-corrected chi connectivity index (χ3v) is 5.40. The van der Waals surface area contributed by atoms with E-state index in [0.29, 0.717) is 5.56 Å². The van der Waals surface area contributed by atoms with E-state index in [2.05, 4.69) is 4.72 Å². The zero-order valence-electron chi connectivity index (χ0n) is 16.0. The Kier molecular flexibility index (Phi) is 7.47. The number of nitrogens with one attached hydrogen (secondary N) is 1. The van der Waals surface area contributed by atoms with Crippen LogP contribution in [0.1, 0.15) is 28.4 Å². The summed E-state index contributed by atoms with van der Waals surface area (Å²) in [6.07, 6.45) is -1.07. The smallest absolute Gasteiger partial charge is 0.339 e. The minimum Gasteiger partial charge on any atom is -0.444 e. The number of amides is 1. The van der Waals surface area contributed by atoms with Crippen LogP contribution in [0, 0.1) is 11.3 Å². The van der Waals surface area contributed by atoms with Crippen LogP contribution in [0.15, 0.2) is 59.5 Å². The van der Waals surface area contributed by atoms with Crippen molar-refractivity contribution >= 4 is 21.9 Å². The van der Waals surface area contributed by atoms with Gasteiger partial charge in [0, 0.05) is 32.6 Å². The molecule has 0 heterocycles. The lowest BCUT2D eigenvalue weighted by Gasteiger charge is -2.21. The summed E-state index contributed by atoms with van der Waals surface area (Å²) in [5.74, 6) is -1.15. The summed E-state index contributed by atoms with van der Waals surface area (Å²) in [6, 6.07) is 15.6. The lowest BCUT2D eigenvalue weighted by molar-refractivity contribution is -0.138. The van der Waals surface area contributed by atoms with Crippen LogP contribution < -0.4 is 4.72 Å². The quantitative estimate of drug-likeness (QED) is 0.520. The summed E-state index contributed by atoms with van der Waals surface area (Å²) in [4.78, 5) is 26.3. The van der Waals surface area contributed by atoms with Crippen molar-refractivity contribution in [1.82, 2.24) is 9.62 Å². The topological polar surface area (TPSA) is 117 Å². The molecule has 0 aliphatic rings. The summed E-state index contributed by atoms with van der Waals surface area (Å²) in [6.45, 7) is -0.00592. The highest BCUT2D eigenvalue weighted by molar-refractivity contribution is 7.89. The average Bonchev–Trinajstić information content (AvgIpc) is 2.72. The number of ether oxygens (including phenoxy) is 1. The first-order valence-electron chi connectivity index (χ1n) is 8.70. The van der Waals surface area contributed by atoms with E-state index < -0.39 is 28.0 Å². The summed E-state index contributed by atoms with van der Waals surface area (Å²) in [7, 11) is -0.659. The monoisotopic (exact) mass is 415 g/mol. The van der Waals surface area contributed by atoms with Crippen LogP contribution in [0.2, 0.25) is 0 Å². The zero-order chi connectivity index (χ0) is 21.4. The number of carbonyl (C=O) groups excluding carboxylic acids is 2. The van der Waals surface area contributed by atoms with E-state index in [4.69, 9.17) is 10.00 Å². The van der Waals surface area contributed by atoms with E-state index in [1.54, 1.807) is 44.4 Å². The predicted molar refractivity (Wildman–Crippen MR) is 105 cm³/mol. The van der Waals surface area contributed by atoms with Crippen LogP contribution >= 0.6 is 0 Å². The van der Waals surface area contributed by atoms with Crippen molar-refractivity contribution < 1.29 is 22.7 Å². The van der Waals surface area contributed by atoms with E-state index in [9.17, 15) is 18.0 Å². The Morgan fingerprint density at radius 2 is 1.72 bits per heavy atom. The molecule has 0 aromatic heterocycles. The minimum atomic E-state index is -3.78. The third-order valence-electron chi connectivity index (χ3n) is 3.92. The van der Waals surface area contributed by atoms with Gasteiger partial charge in [0.25, 0.3) is 5.91 Å². The fourth-order valence-electron chi connectivity index (χ4n) is 2.39. The first-order valence-corrected chi connectivity index (χ1v) is 10.2. The molecule has 0 bridgehead atoms. The maximum atomic E-state index is 12.5. The number of esters is 1. The van der Waals surface area contributed by atoms with Crippen molar-refractivity contribution in [3.8, 4) is 6.07 Å². The fraction of sp³-hybridized carbons (Fsp3) is 0.250. The SMILES string of the molecule is CN(C)C(=O)[C@@H](OC(=O)c1ccc(S(=O)(=O)NCCC#N)cc1)c1ccccc1. The molecule has 0 saturated heterocycles. The number of carbonyl (C=O) groups is 2. The predicted octanol–water partition coefficient (Wildman–Crippen LogP) is 1.86. The lowest BCUT2D eigenvalue weighted by Crippen LogP contribution is -2.31. The largest absolute Gasteiger partial charge is 0.444 e. The molecule has 2 rings (SSSR count). The Morgan fingerprint density at radius 3 is 2.28 bits per heavy atom. The second-order valence-electron chi connectivity index (χ2n) is 6.26. The minimum absolute atomic E-state index is 0.00592. The summed E-state index contributed by atoms with van der Waals surface area (Å²) < 4.78 is 32.0. The van der Waals surface area contributed by atoms with Gasteiger partial charge in [-0.05, 0) is 24.3 Å². The summed E-state index contributed by atoms with van der Waals surface area (Å²) >= 11 is 0. The van der Waals surface area contributed by atoms with E-state index in [0.717, 1.165) is 0 Å². The van der Waals surface area contributed by atoms with Gasteiger partial charge >= 0.3 is 5.97 Å². The molecule has 0 aliphatic heterocycles. The van der Waals surface area contributed by atoms with Crippen LogP contribution in [0.25, 0.3) is 0 Å². The van der Waals surface area contributed by atoms with E-state index in [-0.39, 0.29) is 23.4 Å². The molecule has 9 heteroatoms. The number of likely N-dealkylation sites (N-methyl/N-ethyl adjacent to an activating group) is 1. The first-order chi connectivity index (χ1) is 13.8. The number of hydrogen-bond donors (Lipinski definition) is 1. The van der Waals surface area contributed by atoms with Crippen molar-refractivity contribution in [2.45, 2.75) is 17.4 Å². The highest BCUT2D eigenvalue weighted by Gasteiger charge is 2.27. The van der Waals surface area contributed by atoms with Gasteiger partial charge in [-0.1, -0.05) is 30.3 Å². The molecule has 1 amide bonds. The Balaban J connectivity index is 2.18. The molecule has 2 aromatic carbocycles. The van der Waals surface area contributed by atoms with Gasteiger partial charge in [-0.15, -0.1) is 0 Å². The molecule has 29 heavy (non-hydrogen) atoms. The molecule has 152 valence electrons. The van der Waals surface area contributed by atoms with Crippen molar-refractivity contribution in [2.75, 3.05) is 20.6 Å². The van der Waals surface area contributed by atoms with Crippen LogP contribution in [0.4, 0.5) is 0 Å². The normalized spacial score (nSPS) is 11.9. The number of rotatable bonds is 8. The fourth-order valence-corrected chi connectivity index (χ4v) is 3.43. The van der Waals surface area contributed by atoms with Gasteiger partial charge < -0.3 is 9.64 Å². The second kappa shape index (κ2) is 9.82. The molecule has 1 atom stereocenters. The number of nitriles is 1. The molecule has 2 aromatic rings. The van der Waals surface area contributed by atoms with Gasteiger partial charge in [0.2, 0.25) is 16.1 Å². The van der Waals surface area contributed by atoms with Gasteiger partial charge in [0.05, 0.1) is 16.5 Å². The molecule has 0 aliphatic carbocycles. The van der Waals surface area contributed by atoms with Crippen molar-refractivity contribution in [3.05, 3.63) is 65.7 Å². The number of hydrogen-bond acceptors (Lipinski definition) is 6. The summed E-state index contributed by atoms with van der Waals surface area (Å²) in [5.41, 5.74) is 0.633. The molecule has 8 nitrogen and oxygen atoms in total. The second-order valence-corrected chi connectivity index (χ2v) is 8.03. The average molecular weight is 415 g/mol. The molecule has 1 N–H and O–H groups in total. The Labute approximate surface area is 169 Å². The van der Waals surface area contributed by atoms with Gasteiger partial charge in [0.15, 0.2) is 0 Å². The van der Waals surface area contributed by atoms with Crippen LogP contribution in [-0.4, -0.2) is 45.8 Å². The molecule has 0 fully saturated rings. The third kappa shape index (κ3) is 5.88. The molecule has 0 radical (unpaired) electrons. The Hall–Kier alpha value is -3.22. The van der Waals surface area contributed by atoms with E-state index in [1.807, 2.05) is 6.07 Å². The van der Waals surface area contributed by atoms with Crippen LogP contribution in [0.5, 0.6) is 0 Å². The maximum absolute atomic E-state index is 12.5. The van der Waals surface area contributed by atoms with Gasteiger partial charge in [-0.25, -0.2) is 17.9 Å². The van der Waals surface area contributed by atoms with Gasteiger partial charge in [-0.2, -0.15) is 5.26 Å².